The van der Waals surface area contributed by atoms with Gasteiger partial charge in [0.05, 0.1) is 12.4 Å². The van der Waals surface area contributed by atoms with Crippen LogP contribution in [-0.4, -0.2) is 15.0 Å². The molecule has 0 spiro atoms. The summed E-state index contributed by atoms with van der Waals surface area (Å²) in [5.74, 6) is 0.601. The predicted octanol–water partition coefficient (Wildman–Crippen LogP) is 12.0. The molecular formula is C43H27ClN4O. The number of furan rings is 1. The maximum atomic E-state index is 8.77. The molecule has 6 heteroatoms. The van der Waals surface area contributed by atoms with Crippen LogP contribution in [-0.2, 0) is 0 Å². The average molecular weight is 656 g/mol. The van der Waals surface area contributed by atoms with E-state index in [1.54, 1.807) is 23.1 Å². The molecule has 0 unspecified atom stereocenters. The van der Waals surface area contributed by atoms with Crippen molar-refractivity contribution in [2.75, 3.05) is 4.90 Å². The summed E-state index contributed by atoms with van der Waals surface area (Å²) in [5.41, 5.74) is 5.93. The summed E-state index contributed by atoms with van der Waals surface area (Å²) >= 11 is 6.62. The number of benzene rings is 7. The summed E-state index contributed by atoms with van der Waals surface area (Å²) in [5, 5.41) is 3.92. The molecule has 9 aromatic rings. The zero-order valence-electron chi connectivity index (χ0n) is 30.8. The maximum absolute atomic E-state index is 8.77. The molecule has 0 aliphatic heterocycles. The fraction of sp³-hybridized carbons (Fsp3) is 0. The first-order valence-corrected chi connectivity index (χ1v) is 16.0. The second-order valence-corrected chi connectivity index (χ2v) is 11.8. The van der Waals surface area contributed by atoms with Gasteiger partial charge < -0.3 is 9.32 Å². The summed E-state index contributed by atoms with van der Waals surface area (Å²) in [6.07, 6.45) is 0. The van der Waals surface area contributed by atoms with Crippen molar-refractivity contribution in [1.29, 1.82) is 0 Å². The van der Waals surface area contributed by atoms with E-state index >= 15 is 0 Å². The molecule has 0 aliphatic rings. The fourth-order valence-electron chi connectivity index (χ4n) is 6.38. The van der Waals surface area contributed by atoms with Crippen molar-refractivity contribution in [3.63, 3.8) is 0 Å². The number of hydrogen-bond donors (Lipinski definition) is 0. The lowest BCUT2D eigenvalue weighted by atomic mass is 9.95. The van der Waals surface area contributed by atoms with Crippen LogP contribution in [0, 0.1) is 0 Å². The minimum atomic E-state index is -0.466. The number of nitrogens with zero attached hydrogens (tertiary/aromatic N) is 4. The van der Waals surface area contributed by atoms with Crippen LogP contribution in [0.4, 0.5) is 17.1 Å². The number of halogens is 1. The molecule has 9 rings (SSSR count). The highest BCUT2D eigenvalue weighted by atomic mass is 35.5. The van der Waals surface area contributed by atoms with E-state index in [9.17, 15) is 0 Å². The van der Waals surface area contributed by atoms with Gasteiger partial charge in [-0.25, -0.2) is 4.98 Å². The van der Waals surface area contributed by atoms with Crippen molar-refractivity contribution in [2.45, 2.75) is 0 Å². The molecule has 5 nitrogen and oxygen atoms in total. The van der Waals surface area contributed by atoms with Crippen LogP contribution < -0.4 is 4.90 Å². The fourth-order valence-corrected chi connectivity index (χ4v) is 6.54. The SMILES string of the molecule is [2H]c1c([2H])c([2H])c(N(c2ccccc2)c2cccc(-c3nc(Cl)nc(-c4cccc5c4oc4c6ccccc6c(-c6ccccc6)cc54)n3)c2)c([2H])c1[2H]. The molecule has 0 saturated heterocycles. The maximum Gasteiger partial charge on any atom is 0.226 e. The highest BCUT2D eigenvalue weighted by molar-refractivity contribution is 6.28. The van der Waals surface area contributed by atoms with E-state index in [1.807, 2.05) is 84.9 Å². The lowest BCUT2D eigenvalue weighted by molar-refractivity contribution is 0.673. The van der Waals surface area contributed by atoms with E-state index in [0.29, 0.717) is 33.9 Å². The zero-order valence-corrected chi connectivity index (χ0v) is 26.5. The summed E-state index contributed by atoms with van der Waals surface area (Å²) in [7, 11) is 0. The molecule has 2 aromatic heterocycles. The molecule has 0 fully saturated rings. The Morgan fingerprint density at radius 3 is 1.94 bits per heavy atom. The van der Waals surface area contributed by atoms with Crippen molar-refractivity contribution in [3.05, 3.63) is 169 Å². The van der Waals surface area contributed by atoms with Gasteiger partial charge in [0.15, 0.2) is 11.6 Å². The van der Waals surface area contributed by atoms with Gasteiger partial charge in [-0.15, -0.1) is 0 Å². The summed E-state index contributed by atoms with van der Waals surface area (Å²) in [6.45, 7) is 0. The zero-order chi connectivity index (χ0) is 37.1. The van der Waals surface area contributed by atoms with Gasteiger partial charge in [-0.05, 0) is 76.6 Å². The highest BCUT2D eigenvalue weighted by Gasteiger charge is 2.20. The Bertz CT molecular complexity index is 2890. The molecule has 0 bridgehead atoms. The normalized spacial score (nSPS) is 12.8. The van der Waals surface area contributed by atoms with E-state index < -0.39 is 18.1 Å². The minimum Gasteiger partial charge on any atom is -0.455 e. The largest absolute Gasteiger partial charge is 0.455 e. The van der Waals surface area contributed by atoms with Crippen LogP contribution in [0.2, 0.25) is 5.28 Å². The van der Waals surface area contributed by atoms with Crippen LogP contribution in [0.3, 0.4) is 0 Å². The summed E-state index contributed by atoms with van der Waals surface area (Å²) < 4.78 is 49.1. The molecule has 0 amide bonds. The van der Waals surface area contributed by atoms with Gasteiger partial charge in [-0.1, -0.05) is 115 Å². The van der Waals surface area contributed by atoms with E-state index in [1.165, 1.54) is 0 Å². The van der Waals surface area contributed by atoms with Crippen molar-refractivity contribution in [2.24, 2.45) is 0 Å². The van der Waals surface area contributed by atoms with Crippen molar-refractivity contribution >= 4 is 61.4 Å². The van der Waals surface area contributed by atoms with Gasteiger partial charge in [0.25, 0.3) is 0 Å². The number of anilines is 3. The second kappa shape index (κ2) is 12.1. The molecule has 49 heavy (non-hydrogen) atoms. The first-order valence-electron chi connectivity index (χ1n) is 18.2. The number of hydrogen-bond acceptors (Lipinski definition) is 5. The van der Waals surface area contributed by atoms with Crippen LogP contribution in [0.15, 0.2) is 168 Å². The Kier molecular flexibility index (Phi) is 5.89. The van der Waals surface area contributed by atoms with Gasteiger partial charge >= 0.3 is 0 Å². The first-order chi connectivity index (χ1) is 26.3. The number of para-hydroxylation sites is 3. The number of aromatic nitrogens is 3. The molecule has 0 N–H and O–H groups in total. The van der Waals surface area contributed by atoms with Gasteiger partial charge in [0.1, 0.15) is 11.2 Å². The Morgan fingerprint density at radius 2 is 1.12 bits per heavy atom. The van der Waals surface area contributed by atoms with E-state index in [0.717, 1.165) is 38.3 Å². The minimum absolute atomic E-state index is 0.0122. The molecular weight excluding hydrogens is 624 g/mol. The third kappa shape index (κ3) is 5.17. The molecule has 232 valence electrons. The Labute approximate surface area is 294 Å². The van der Waals surface area contributed by atoms with E-state index in [2.05, 4.69) is 40.3 Å². The third-order valence-corrected chi connectivity index (χ3v) is 8.69. The molecule has 7 aromatic carbocycles. The second-order valence-electron chi connectivity index (χ2n) is 11.4. The lowest BCUT2D eigenvalue weighted by Gasteiger charge is -2.25. The topological polar surface area (TPSA) is 55.1 Å². The quantitative estimate of drug-likeness (QED) is 0.178. The lowest BCUT2D eigenvalue weighted by Crippen LogP contribution is -2.09. The van der Waals surface area contributed by atoms with Crippen molar-refractivity contribution in [1.82, 2.24) is 15.0 Å². The summed E-state index contributed by atoms with van der Waals surface area (Å²) in [4.78, 5) is 15.6. The molecule has 0 saturated carbocycles. The van der Waals surface area contributed by atoms with Crippen molar-refractivity contribution in [3.8, 4) is 33.9 Å². The van der Waals surface area contributed by atoms with Gasteiger partial charge in [-0.3, -0.25) is 0 Å². The summed E-state index contributed by atoms with van der Waals surface area (Å²) in [6, 6.07) is 40.9. The van der Waals surface area contributed by atoms with Gasteiger partial charge in [0, 0.05) is 38.8 Å². The average Bonchev–Trinajstić information content (AvgIpc) is 3.60. The number of fused-ring (bicyclic) bond motifs is 5. The third-order valence-electron chi connectivity index (χ3n) is 8.53. The standard InChI is InChI=1S/C43H27ClN4O/c44-43-46-41(29-16-12-21-32(26-29)48(30-17-6-2-7-18-30)31-19-8-3-9-20-31)45-42(47-43)36-25-13-24-35-38-27-37(28-14-4-1-5-15-28)33-22-10-11-23-34(33)40(38)49-39(35)36/h1-27H/i2D,6D,7D,17D,18D. The smallest absolute Gasteiger partial charge is 0.226 e. The number of rotatable bonds is 6. The van der Waals surface area contributed by atoms with Crippen molar-refractivity contribution < 1.29 is 11.3 Å². The Morgan fingerprint density at radius 1 is 0.490 bits per heavy atom. The molecule has 0 radical (unpaired) electrons. The predicted molar refractivity (Wildman–Crippen MR) is 201 cm³/mol. The van der Waals surface area contributed by atoms with Crippen LogP contribution >= 0.6 is 11.6 Å². The van der Waals surface area contributed by atoms with E-state index in [4.69, 9.17) is 27.9 Å². The Balaban J connectivity index is 1.20. The first kappa shape index (κ1) is 23.9. The Hall–Kier alpha value is -6.30. The molecule has 0 aliphatic carbocycles. The van der Waals surface area contributed by atoms with Gasteiger partial charge in [-0.2, -0.15) is 9.97 Å². The molecule has 0 atom stereocenters. The van der Waals surface area contributed by atoms with E-state index in [-0.39, 0.29) is 28.9 Å². The van der Waals surface area contributed by atoms with Gasteiger partial charge in [0.2, 0.25) is 5.28 Å². The molecule has 2 heterocycles. The highest BCUT2D eigenvalue weighted by Crippen LogP contribution is 2.42. The monoisotopic (exact) mass is 655 g/mol. The van der Waals surface area contributed by atoms with Crippen LogP contribution in [0.25, 0.3) is 66.6 Å². The van der Waals surface area contributed by atoms with Crippen LogP contribution in [0.5, 0.6) is 0 Å². The van der Waals surface area contributed by atoms with Crippen LogP contribution in [0.1, 0.15) is 6.85 Å².